The first-order valence-electron chi connectivity index (χ1n) is 10.9. The highest BCUT2D eigenvalue weighted by molar-refractivity contribution is 7.99. The van der Waals surface area contributed by atoms with Crippen LogP contribution in [0.25, 0.3) is 0 Å². The monoisotopic (exact) mass is 520 g/mol. The lowest BCUT2D eigenvalue weighted by Gasteiger charge is -2.12. The Morgan fingerprint density at radius 3 is 2.31 bits per heavy atom. The van der Waals surface area contributed by atoms with Crippen molar-refractivity contribution in [3.63, 3.8) is 0 Å². The van der Waals surface area contributed by atoms with E-state index in [1.54, 1.807) is 36.0 Å². The lowest BCUT2D eigenvalue weighted by atomic mass is 10.3. The molecule has 4 aromatic rings. The predicted molar refractivity (Wildman–Crippen MR) is 141 cm³/mol. The number of benzene rings is 4. The number of nitrogens with one attached hydrogen (secondary N) is 2. The highest BCUT2D eigenvalue weighted by atomic mass is 32.2. The SMILES string of the molecule is COc1cccc(NS(=O)(=O)c2ccc(OCC(=O)Nc3ccccc3Sc3ccccc3)cc2)c1. The maximum atomic E-state index is 12.7. The fraction of sp³-hybridized carbons (Fsp3) is 0.0741. The van der Waals surface area contributed by atoms with Crippen molar-refractivity contribution in [3.05, 3.63) is 103 Å². The van der Waals surface area contributed by atoms with E-state index in [-0.39, 0.29) is 17.4 Å². The molecule has 184 valence electrons. The molecule has 4 rings (SSSR count). The molecular formula is C27H24N2O5S2. The van der Waals surface area contributed by atoms with Crippen LogP contribution in [-0.4, -0.2) is 28.0 Å². The van der Waals surface area contributed by atoms with Crippen molar-refractivity contribution in [2.24, 2.45) is 0 Å². The minimum atomic E-state index is -3.80. The summed E-state index contributed by atoms with van der Waals surface area (Å²) >= 11 is 1.55. The van der Waals surface area contributed by atoms with E-state index in [1.807, 2.05) is 54.6 Å². The second kappa shape index (κ2) is 11.7. The third-order valence-electron chi connectivity index (χ3n) is 4.96. The zero-order chi connectivity index (χ0) is 25.4. The van der Waals surface area contributed by atoms with E-state index in [4.69, 9.17) is 9.47 Å². The third kappa shape index (κ3) is 6.80. The van der Waals surface area contributed by atoms with Gasteiger partial charge in [-0.15, -0.1) is 0 Å². The number of sulfonamides is 1. The van der Waals surface area contributed by atoms with Gasteiger partial charge in [0.15, 0.2) is 6.61 Å². The van der Waals surface area contributed by atoms with Gasteiger partial charge in [0.25, 0.3) is 15.9 Å². The number of para-hydroxylation sites is 1. The highest BCUT2D eigenvalue weighted by Crippen LogP contribution is 2.33. The van der Waals surface area contributed by atoms with Gasteiger partial charge in [-0.1, -0.05) is 48.2 Å². The predicted octanol–water partition coefficient (Wildman–Crippen LogP) is 5.66. The molecule has 2 N–H and O–H groups in total. The van der Waals surface area contributed by atoms with Crippen molar-refractivity contribution in [2.45, 2.75) is 14.7 Å². The lowest BCUT2D eigenvalue weighted by molar-refractivity contribution is -0.118. The van der Waals surface area contributed by atoms with E-state index >= 15 is 0 Å². The number of hydrogen-bond acceptors (Lipinski definition) is 6. The molecule has 1 amide bonds. The maximum Gasteiger partial charge on any atom is 0.262 e. The van der Waals surface area contributed by atoms with Crippen LogP contribution in [0.2, 0.25) is 0 Å². The van der Waals surface area contributed by atoms with Gasteiger partial charge in [-0.05, 0) is 60.7 Å². The smallest absolute Gasteiger partial charge is 0.262 e. The Labute approximate surface area is 214 Å². The minimum Gasteiger partial charge on any atom is -0.497 e. The molecule has 0 heterocycles. The van der Waals surface area contributed by atoms with Crippen molar-refractivity contribution in [1.82, 2.24) is 0 Å². The molecule has 36 heavy (non-hydrogen) atoms. The van der Waals surface area contributed by atoms with Crippen LogP contribution in [0.4, 0.5) is 11.4 Å². The summed E-state index contributed by atoms with van der Waals surface area (Å²) in [6.07, 6.45) is 0. The third-order valence-corrected chi connectivity index (χ3v) is 7.44. The number of methoxy groups -OCH3 is 1. The summed E-state index contributed by atoms with van der Waals surface area (Å²) in [7, 11) is -2.29. The minimum absolute atomic E-state index is 0.0639. The number of carbonyl (C=O) groups is 1. The molecule has 0 aliphatic carbocycles. The molecule has 0 spiro atoms. The van der Waals surface area contributed by atoms with E-state index in [2.05, 4.69) is 10.0 Å². The molecule has 0 saturated carbocycles. The molecule has 0 fully saturated rings. The van der Waals surface area contributed by atoms with E-state index < -0.39 is 10.0 Å². The molecule has 0 bridgehead atoms. The molecular weight excluding hydrogens is 496 g/mol. The Morgan fingerprint density at radius 2 is 1.56 bits per heavy atom. The Balaban J connectivity index is 1.34. The van der Waals surface area contributed by atoms with Gasteiger partial charge in [0, 0.05) is 15.9 Å². The standard InChI is InChI=1S/C27H24N2O5S2/c1-33-22-9-7-8-20(18-22)29-36(31,32)24-16-14-21(15-17-24)34-19-27(30)28-25-12-5-6-13-26(25)35-23-10-3-2-4-11-23/h2-18,29H,19H2,1H3,(H,28,30). The van der Waals surface area contributed by atoms with Gasteiger partial charge in [-0.3, -0.25) is 9.52 Å². The van der Waals surface area contributed by atoms with Gasteiger partial charge in [0.2, 0.25) is 0 Å². The number of amides is 1. The average Bonchev–Trinajstić information content (AvgIpc) is 2.89. The van der Waals surface area contributed by atoms with Gasteiger partial charge < -0.3 is 14.8 Å². The van der Waals surface area contributed by atoms with Crippen molar-refractivity contribution in [3.8, 4) is 11.5 Å². The summed E-state index contributed by atoms with van der Waals surface area (Å²) in [5.41, 5.74) is 1.07. The molecule has 0 atom stereocenters. The van der Waals surface area contributed by atoms with Crippen molar-refractivity contribution in [2.75, 3.05) is 23.8 Å². The fourth-order valence-electron chi connectivity index (χ4n) is 3.23. The van der Waals surface area contributed by atoms with Crippen LogP contribution in [0.5, 0.6) is 11.5 Å². The summed E-state index contributed by atoms with van der Waals surface area (Å²) in [6, 6.07) is 29.9. The quantitative estimate of drug-likeness (QED) is 0.280. The molecule has 9 heteroatoms. The molecule has 0 unspecified atom stereocenters. The van der Waals surface area contributed by atoms with Crippen LogP contribution in [0.1, 0.15) is 0 Å². The first-order valence-corrected chi connectivity index (χ1v) is 13.2. The number of ether oxygens (including phenoxy) is 2. The van der Waals surface area contributed by atoms with Crippen LogP contribution in [0.3, 0.4) is 0 Å². The number of rotatable bonds is 10. The highest BCUT2D eigenvalue weighted by Gasteiger charge is 2.15. The van der Waals surface area contributed by atoms with Crippen LogP contribution >= 0.6 is 11.8 Å². The topological polar surface area (TPSA) is 93.7 Å². The molecule has 7 nitrogen and oxygen atoms in total. The Morgan fingerprint density at radius 1 is 0.833 bits per heavy atom. The molecule has 0 radical (unpaired) electrons. The normalized spacial score (nSPS) is 10.9. The fourth-order valence-corrected chi connectivity index (χ4v) is 5.20. The summed E-state index contributed by atoms with van der Waals surface area (Å²) < 4.78 is 38.6. The Bertz CT molecular complexity index is 1430. The lowest BCUT2D eigenvalue weighted by Crippen LogP contribution is -2.20. The van der Waals surface area contributed by atoms with E-state index in [0.29, 0.717) is 22.9 Å². The zero-order valence-corrected chi connectivity index (χ0v) is 21.0. The zero-order valence-electron chi connectivity index (χ0n) is 19.4. The second-order valence-corrected chi connectivity index (χ2v) is 10.4. The van der Waals surface area contributed by atoms with Gasteiger partial charge >= 0.3 is 0 Å². The summed E-state index contributed by atoms with van der Waals surface area (Å²) in [5.74, 6) is 0.587. The second-order valence-electron chi connectivity index (χ2n) is 7.56. The van der Waals surface area contributed by atoms with E-state index in [9.17, 15) is 13.2 Å². The van der Waals surface area contributed by atoms with Crippen molar-refractivity contribution >= 4 is 39.1 Å². The Hall–Kier alpha value is -3.95. The number of anilines is 2. The van der Waals surface area contributed by atoms with Gasteiger partial charge in [0.05, 0.1) is 23.4 Å². The maximum absolute atomic E-state index is 12.7. The average molecular weight is 521 g/mol. The summed E-state index contributed by atoms with van der Waals surface area (Å²) in [5, 5.41) is 2.87. The molecule has 4 aromatic carbocycles. The molecule has 0 aromatic heterocycles. The van der Waals surface area contributed by atoms with Crippen LogP contribution in [0, 0.1) is 0 Å². The van der Waals surface area contributed by atoms with Gasteiger partial charge in [-0.25, -0.2) is 8.42 Å². The number of carbonyl (C=O) groups excluding carboxylic acids is 1. The number of hydrogen-bond donors (Lipinski definition) is 2. The first kappa shape index (κ1) is 25.2. The van der Waals surface area contributed by atoms with E-state index in [1.165, 1.54) is 31.4 Å². The van der Waals surface area contributed by atoms with Crippen molar-refractivity contribution in [1.29, 1.82) is 0 Å². The first-order chi connectivity index (χ1) is 17.4. The molecule has 0 saturated heterocycles. The van der Waals surface area contributed by atoms with Crippen molar-refractivity contribution < 1.29 is 22.7 Å². The van der Waals surface area contributed by atoms with Crippen LogP contribution < -0.4 is 19.5 Å². The van der Waals surface area contributed by atoms with E-state index in [0.717, 1.165) is 9.79 Å². The molecule has 0 aliphatic heterocycles. The Kier molecular flexibility index (Phi) is 8.14. The van der Waals surface area contributed by atoms with Gasteiger partial charge in [0.1, 0.15) is 11.5 Å². The summed E-state index contributed by atoms with van der Waals surface area (Å²) in [6.45, 7) is -0.224. The van der Waals surface area contributed by atoms with Gasteiger partial charge in [-0.2, -0.15) is 0 Å². The summed E-state index contributed by atoms with van der Waals surface area (Å²) in [4.78, 5) is 14.5. The molecule has 0 aliphatic rings. The van der Waals surface area contributed by atoms with Crippen LogP contribution in [-0.2, 0) is 14.8 Å². The van der Waals surface area contributed by atoms with Crippen LogP contribution in [0.15, 0.2) is 118 Å². The largest absolute Gasteiger partial charge is 0.497 e.